The van der Waals surface area contributed by atoms with Gasteiger partial charge in [-0.3, -0.25) is 24.1 Å². The first-order valence-electron chi connectivity index (χ1n) is 11.5. The Morgan fingerprint density at radius 3 is 1.97 bits per heavy atom. The minimum Gasteiger partial charge on any atom is -0.370 e. The molecule has 0 saturated heterocycles. The molecule has 0 aromatic heterocycles. The number of nitrogens with one attached hydrogen (secondary N) is 3. The number of rotatable bonds is 20. The Bertz CT molecular complexity index is 560. The van der Waals surface area contributed by atoms with E-state index in [9.17, 15) is 19.2 Å². The van der Waals surface area contributed by atoms with Crippen LogP contribution in [0.5, 0.6) is 0 Å². The van der Waals surface area contributed by atoms with Crippen LogP contribution in [0.3, 0.4) is 0 Å². The second-order valence-corrected chi connectivity index (χ2v) is 7.70. The van der Waals surface area contributed by atoms with E-state index in [0.717, 1.165) is 19.3 Å². The van der Waals surface area contributed by atoms with Crippen molar-refractivity contribution in [2.24, 2.45) is 11.5 Å². The number of carbonyl (C=O) groups excluding carboxylic acids is 4. The summed E-state index contributed by atoms with van der Waals surface area (Å²) in [7, 11) is 1.59. The van der Waals surface area contributed by atoms with Gasteiger partial charge in [-0.05, 0) is 38.9 Å². The van der Waals surface area contributed by atoms with E-state index in [1.807, 2.05) is 16.7 Å². The maximum absolute atomic E-state index is 12.2. The van der Waals surface area contributed by atoms with Crippen LogP contribution < -0.4 is 27.4 Å². The molecule has 0 spiro atoms. The largest absolute Gasteiger partial charge is 0.370 e. The molecular weight excluding hydrogens is 414 g/mol. The predicted molar refractivity (Wildman–Crippen MR) is 125 cm³/mol. The zero-order chi connectivity index (χ0) is 24.2. The second kappa shape index (κ2) is 19.4. The van der Waals surface area contributed by atoms with Crippen molar-refractivity contribution in [1.29, 1.82) is 0 Å². The van der Waals surface area contributed by atoms with Gasteiger partial charge in [0.05, 0.1) is 6.54 Å². The molecule has 0 aliphatic carbocycles. The van der Waals surface area contributed by atoms with Crippen molar-refractivity contribution in [2.45, 2.75) is 45.4 Å². The number of amides is 4. The molecule has 32 heavy (non-hydrogen) atoms. The molecule has 0 unspecified atom stereocenters. The molecule has 0 saturated carbocycles. The third-order valence-corrected chi connectivity index (χ3v) is 4.85. The summed E-state index contributed by atoms with van der Waals surface area (Å²) in [5.41, 5.74) is 10.7. The summed E-state index contributed by atoms with van der Waals surface area (Å²) < 4.78 is 0. The molecular formula is C21H43N7O4. The molecule has 186 valence electrons. The summed E-state index contributed by atoms with van der Waals surface area (Å²) >= 11 is 0. The molecule has 0 fully saturated rings. The molecule has 11 heteroatoms. The molecule has 4 amide bonds. The fourth-order valence-electron chi connectivity index (χ4n) is 2.98. The van der Waals surface area contributed by atoms with Gasteiger partial charge in [-0.2, -0.15) is 0 Å². The Balaban J connectivity index is 4.71. The maximum Gasteiger partial charge on any atom is 0.234 e. The Hall–Kier alpha value is -2.24. The van der Waals surface area contributed by atoms with E-state index >= 15 is 0 Å². The van der Waals surface area contributed by atoms with Crippen LogP contribution in [-0.4, -0.2) is 99.4 Å². The van der Waals surface area contributed by atoms with Crippen LogP contribution in [0.4, 0.5) is 0 Å². The zero-order valence-corrected chi connectivity index (χ0v) is 19.8. The van der Waals surface area contributed by atoms with Crippen molar-refractivity contribution in [3.05, 3.63) is 0 Å². The predicted octanol–water partition coefficient (Wildman–Crippen LogP) is -1.63. The van der Waals surface area contributed by atoms with E-state index < -0.39 is 0 Å². The number of hydrogen-bond acceptors (Lipinski definition) is 7. The van der Waals surface area contributed by atoms with Crippen molar-refractivity contribution >= 4 is 23.6 Å². The number of nitrogens with two attached hydrogens (primary N) is 2. The van der Waals surface area contributed by atoms with Crippen LogP contribution in [0.2, 0.25) is 0 Å². The van der Waals surface area contributed by atoms with Gasteiger partial charge < -0.3 is 32.3 Å². The molecule has 0 rings (SSSR count). The van der Waals surface area contributed by atoms with E-state index in [4.69, 9.17) is 11.5 Å². The third kappa shape index (κ3) is 17.4. The normalized spacial score (nSPS) is 10.9. The van der Waals surface area contributed by atoms with E-state index in [1.165, 1.54) is 0 Å². The lowest BCUT2D eigenvalue weighted by atomic mass is 10.2. The minimum absolute atomic E-state index is 0.0638. The summed E-state index contributed by atoms with van der Waals surface area (Å²) in [5, 5.41) is 8.28. The average Bonchev–Trinajstić information content (AvgIpc) is 2.76. The summed E-state index contributed by atoms with van der Waals surface area (Å²) in [6, 6.07) is 0. The summed E-state index contributed by atoms with van der Waals surface area (Å²) in [6.07, 6.45) is 3.17. The van der Waals surface area contributed by atoms with Gasteiger partial charge in [-0.15, -0.1) is 0 Å². The molecule has 0 aliphatic rings. The van der Waals surface area contributed by atoms with Gasteiger partial charge in [0.15, 0.2) is 0 Å². The standard InChI is InChI=1S/C21H43N7O4/c1-3-10-25-21(32)17-28(16-8-20(31)26-11-4-9-22)13-5-12-27(14-6-18(23)29)15-7-19(30)24-2/h3-17,22H2,1-2H3,(H2,23,29)(H,24,30)(H,25,32)(H,26,31). The van der Waals surface area contributed by atoms with Crippen molar-refractivity contribution in [3.63, 3.8) is 0 Å². The van der Waals surface area contributed by atoms with Crippen molar-refractivity contribution in [1.82, 2.24) is 25.8 Å². The molecule has 0 heterocycles. The Morgan fingerprint density at radius 1 is 0.750 bits per heavy atom. The monoisotopic (exact) mass is 457 g/mol. The van der Waals surface area contributed by atoms with Crippen molar-refractivity contribution < 1.29 is 19.2 Å². The maximum atomic E-state index is 12.2. The van der Waals surface area contributed by atoms with Crippen LogP contribution >= 0.6 is 0 Å². The highest BCUT2D eigenvalue weighted by atomic mass is 16.2. The van der Waals surface area contributed by atoms with Crippen LogP contribution in [0, 0.1) is 0 Å². The first kappa shape index (κ1) is 29.8. The van der Waals surface area contributed by atoms with Gasteiger partial charge in [0.2, 0.25) is 23.6 Å². The Kier molecular flexibility index (Phi) is 18.1. The highest BCUT2D eigenvalue weighted by Gasteiger charge is 2.14. The Morgan fingerprint density at radius 2 is 1.34 bits per heavy atom. The van der Waals surface area contributed by atoms with Gasteiger partial charge in [0.1, 0.15) is 0 Å². The lowest BCUT2D eigenvalue weighted by Gasteiger charge is -2.25. The van der Waals surface area contributed by atoms with Crippen molar-refractivity contribution in [2.75, 3.05) is 66.0 Å². The average molecular weight is 458 g/mol. The lowest BCUT2D eigenvalue weighted by Crippen LogP contribution is -2.41. The molecule has 0 aromatic carbocycles. The van der Waals surface area contributed by atoms with Gasteiger partial charge >= 0.3 is 0 Å². The highest BCUT2D eigenvalue weighted by Crippen LogP contribution is 2.01. The third-order valence-electron chi connectivity index (χ3n) is 4.85. The molecule has 0 radical (unpaired) electrons. The minimum atomic E-state index is -0.384. The van der Waals surface area contributed by atoms with Crippen LogP contribution in [-0.2, 0) is 19.2 Å². The van der Waals surface area contributed by atoms with Gasteiger partial charge in [0.25, 0.3) is 0 Å². The van der Waals surface area contributed by atoms with Crippen LogP contribution in [0.1, 0.15) is 45.4 Å². The van der Waals surface area contributed by atoms with Crippen LogP contribution in [0.15, 0.2) is 0 Å². The SMILES string of the molecule is CCCNC(=O)CN(CCCN(CCC(N)=O)CCC(=O)NC)CCC(=O)NCCCN. The van der Waals surface area contributed by atoms with Gasteiger partial charge in [-0.25, -0.2) is 0 Å². The summed E-state index contributed by atoms with van der Waals surface area (Å²) in [4.78, 5) is 50.9. The number of nitrogens with zero attached hydrogens (tertiary/aromatic N) is 2. The smallest absolute Gasteiger partial charge is 0.234 e. The fourth-order valence-corrected chi connectivity index (χ4v) is 2.98. The summed E-state index contributed by atoms with van der Waals surface area (Å²) in [6.45, 7) is 6.63. The molecule has 0 bridgehead atoms. The molecule has 7 N–H and O–H groups in total. The second-order valence-electron chi connectivity index (χ2n) is 7.70. The van der Waals surface area contributed by atoms with E-state index in [0.29, 0.717) is 65.2 Å². The van der Waals surface area contributed by atoms with E-state index in [2.05, 4.69) is 16.0 Å². The van der Waals surface area contributed by atoms with E-state index in [1.54, 1.807) is 7.05 Å². The topological polar surface area (TPSA) is 163 Å². The first-order valence-corrected chi connectivity index (χ1v) is 11.5. The quantitative estimate of drug-likeness (QED) is 0.137. The summed E-state index contributed by atoms with van der Waals surface area (Å²) in [5.74, 6) is -0.583. The molecule has 0 aromatic rings. The molecule has 0 aliphatic heterocycles. The lowest BCUT2D eigenvalue weighted by molar-refractivity contribution is -0.124. The van der Waals surface area contributed by atoms with Gasteiger partial charge in [-0.1, -0.05) is 6.92 Å². The Labute approximate surface area is 192 Å². The molecule has 11 nitrogen and oxygen atoms in total. The zero-order valence-electron chi connectivity index (χ0n) is 19.8. The fraction of sp³-hybridized carbons (Fsp3) is 0.810. The highest BCUT2D eigenvalue weighted by molar-refractivity contribution is 5.78. The van der Waals surface area contributed by atoms with Gasteiger partial charge in [0, 0.05) is 59.0 Å². The van der Waals surface area contributed by atoms with Crippen molar-refractivity contribution in [3.8, 4) is 0 Å². The number of hydrogen-bond donors (Lipinski definition) is 5. The number of primary amides is 1. The van der Waals surface area contributed by atoms with Crippen LogP contribution in [0.25, 0.3) is 0 Å². The molecule has 0 atom stereocenters. The van der Waals surface area contributed by atoms with E-state index in [-0.39, 0.29) is 36.6 Å². The first-order chi connectivity index (χ1) is 15.3. The number of carbonyl (C=O) groups is 4.